The Bertz CT molecular complexity index is 441. The maximum Gasteiger partial charge on any atom is 0.338 e. The highest BCUT2D eigenvalue weighted by molar-refractivity contribution is 6.01. The highest BCUT2D eigenvalue weighted by Crippen LogP contribution is 2.28. The van der Waals surface area contributed by atoms with E-state index in [-0.39, 0.29) is 0 Å². The molecule has 0 radical (unpaired) electrons. The van der Waals surface area contributed by atoms with Crippen molar-refractivity contribution < 1.29 is 9.53 Å². The van der Waals surface area contributed by atoms with Crippen LogP contribution in [0.4, 0.5) is 11.4 Å². The van der Waals surface area contributed by atoms with Crippen LogP contribution in [0.5, 0.6) is 0 Å². The van der Waals surface area contributed by atoms with Crippen LogP contribution < -0.4 is 11.1 Å². The van der Waals surface area contributed by atoms with Crippen molar-refractivity contribution in [2.24, 2.45) is 0 Å². The molecule has 1 aromatic rings. The highest BCUT2D eigenvalue weighted by atomic mass is 16.5. The summed E-state index contributed by atoms with van der Waals surface area (Å²) in [5.74, 6) is -0.433. The van der Waals surface area contributed by atoms with Crippen LogP contribution in [0.3, 0.4) is 0 Å². The fourth-order valence-corrected chi connectivity index (χ4v) is 1.62. The molecule has 0 amide bonds. The second-order valence-electron chi connectivity index (χ2n) is 3.31. The third kappa shape index (κ3) is 1.84. The van der Waals surface area contributed by atoms with E-state index in [1.807, 2.05) is 0 Å². The average Bonchev–Trinajstić information content (AvgIpc) is 2.29. The smallest absolute Gasteiger partial charge is 0.338 e. The Morgan fingerprint density at radius 2 is 2.25 bits per heavy atom. The number of hydrogen-bond acceptors (Lipinski definition) is 5. The standard InChI is InChI=1S/C11H15N3O2/c1-6-7(11(15)16-3)4-9(13)8(5-12)10(6)14-2/h4-5,12,14H,13H2,1-3H3. The molecule has 0 aliphatic carbocycles. The molecular formula is C11H15N3O2. The van der Waals surface area contributed by atoms with Gasteiger partial charge in [0, 0.05) is 30.2 Å². The number of hydrogen-bond donors (Lipinski definition) is 3. The first kappa shape index (κ1) is 12.0. The summed E-state index contributed by atoms with van der Waals surface area (Å²) in [5.41, 5.74) is 8.54. The lowest BCUT2D eigenvalue weighted by atomic mass is 10.0. The summed E-state index contributed by atoms with van der Waals surface area (Å²) in [6.45, 7) is 1.78. The molecule has 0 aromatic heterocycles. The van der Waals surface area contributed by atoms with Gasteiger partial charge in [0.2, 0.25) is 0 Å². The molecule has 0 saturated carbocycles. The zero-order valence-corrected chi connectivity index (χ0v) is 9.55. The van der Waals surface area contributed by atoms with E-state index >= 15 is 0 Å². The largest absolute Gasteiger partial charge is 0.465 e. The van der Waals surface area contributed by atoms with Crippen LogP contribution in [0.1, 0.15) is 21.5 Å². The number of nitrogens with one attached hydrogen (secondary N) is 2. The third-order valence-corrected chi connectivity index (χ3v) is 2.46. The molecule has 5 nitrogen and oxygen atoms in total. The minimum Gasteiger partial charge on any atom is -0.465 e. The van der Waals surface area contributed by atoms with Crippen molar-refractivity contribution >= 4 is 23.6 Å². The third-order valence-electron chi connectivity index (χ3n) is 2.46. The Morgan fingerprint density at radius 3 is 2.69 bits per heavy atom. The summed E-state index contributed by atoms with van der Waals surface area (Å²) in [5, 5.41) is 10.2. The van der Waals surface area contributed by atoms with Crippen LogP contribution in [0.25, 0.3) is 0 Å². The molecule has 1 rings (SSSR count). The van der Waals surface area contributed by atoms with E-state index in [1.165, 1.54) is 13.2 Å². The SMILES string of the molecule is CNc1c(C)c(C(=O)OC)cc(N)c1C=N. The van der Waals surface area contributed by atoms with Gasteiger partial charge in [-0.3, -0.25) is 0 Å². The number of ether oxygens (including phenoxy) is 1. The Kier molecular flexibility index (Phi) is 3.50. The van der Waals surface area contributed by atoms with E-state index in [1.54, 1.807) is 14.0 Å². The van der Waals surface area contributed by atoms with Crippen LogP contribution in [0, 0.1) is 12.3 Å². The van der Waals surface area contributed by atoms with Gasteiger partial charge in [0.25, 0.3) is 0 Å². The number of carbonyl (C=O) groups is 1. The van der Waals surface area contributed by atoms with Crippen molar-refractivity contribution in [3.05, 3.63) is 22.8 Å². The second-order valence-corrected chi connectivity index (χ2v) is 3.31. The Balaban J connectivity index is 3.51. The molecule has 4 N–H and O–H groups in total. The lowest BCUT2D eigenvalue weighted by Crippen LogP contribution is -2.10. The van der Waals surface area contributed by atoms with Gasteiger partial charge in [0.05, 0.1) is 12.7 Å². The summed E-state index contributed by atoms with van der Waals surface area (Å²) in [6, 6.07) is 1.53. The van der Waals surface area contributed by atoms with E-state index in [2.05, 4.69) is 10.1 Å². The number of benzene rings is 1. The van der Waals surface area contributed by atoms with Gasteiger partial charge >= 0.3 is 5.97 Å². The van der Waals surface area contributed by atoms with Crippen LogP contribution >= 0.6 is 0 Å². The molecule has 0 saturated heterocycles. The fraction of sp³-hybridized carbons (Fsp3) is 0.273. The molecule has 0 fully saturated rings. The number of carbonyl (C=O) groups excluding carboxylic acids is 1. The van der Waals surface area contributed by atoms with E-state index in [9.17, 15) is 4.79 Å². The lowest BCUT2D eigenvalue weighted by Gasteiger charge is -2.14. The van der Waals surface area contributed by atoms with Crippen LogP contribution in [0.15, 0.2) is 6.07 Å². The maximum absolute atomic E-state index is 11.5. The predicted molar refractivity (Wildman–Crippen MR) is 64.4 cm³/mol. The number of anilines is 2. The molecule has 0 unspecified atom stereocenters. The second kappa shape index (κ2) is 4.65. The van der Waals surface area contributed by atoms with Crippen molar-refractivity contribution in [3.8, 4) is 0 Å². The molecule has 0 bridgehead atoms. The van der Waals surface area contributed by atoms with Crippen molar-refractivity contribution in [2.45, 2.75) is 6.92 Å². The molecule has 1 aromatic carbocycles. The predicted octanol–water partition coefficient (Wildman–Crippen LogP) is 1.40. The number of esters is 1. The van der Waals surface area contributed by atoms with E-state index in [4.69, 9.17) is 11.1 Å². The van der Waals surface area contributed by atoms with Gasteiger partial charge in [-0.15, -0.1) is 0 Å². The molecule has 0 heterocycles. The van der Waals surface area contributed by atoms with Gasteiger partial charge in [-0.1, -0.05) is 0 Å². The summed E-state index contributed by atoms with van der Waals surface area (Å²) in [7, 11) is 3.04. The first-order valence-corrected chi connectivity index (χ1v) is 4.76. The topological polar surface area (TPSA) is 88.2 Å². The highest BCUT2D eigenvalue weighted by Gasteiger charge is 2.16. The normalized spacial score (nSPS) is 9.69. The Labute approximate surface area is 94.1 Å². The molecule has 0 aliphatic heterocycles. The zero-order valence-electron chi connectivity index (χ0n) is 9.55. The molecule has 0 atom stereocenters. The van der Waals surface area contributed by atoms with E-state index < -0.39 is 5.97 Å². The first-order valence-electron chi connectivity index (χ1n) is 4.76. The molecular weight excluding hydrogens is 206 g/mol. The van der Waals surface area contributed by atoms with Gasteiger partial charge in [-0.2, -0.15) is 0 Å². The molecule has 86 valence electrons. The summed E-state index contributed by atoms with van der Waals surface area (Å²) in [6.07, 6.45) is 1.16. The van der Waals surface area contributed by atoms with Crippen molar-refractivity contribution in [2.75, 3.05) is 25.2 Å². The fourth-order valence-electron chi connectivity index (χ4n) is 1.62. The van der Waals surface area contributed by atoms with Gasteiger partial charge in [-0.25, -0.2) is 4.79 Å². The van der Waals surface area contributed by atoms with Gasteiger partial charge < -0.3 is 21.2 Å². The van der Waals surface area contributed by atoms with Gasteiger partial charge in [-0.05, 0) is 18.6 Å². The van der Waals surface area contributed by atoms with Crippen LogP contribution in [0.2, 0.25) is 0 Å². The number of methoxy groups -OCH3 is 1. The summed E-state index contributed by atoms with van der Waals surface area (Å²) >= 11 is 0. The van der Waals surface area contributed by atoms with Gasteiger partial charge in [0.1, 0.15) is 0 Å². The minimum absolute atomic E-state index is 0.380. The number of nitrogens with two attached hydrogens (primary N) is 1. The van der Waals surface area contributed by atoms with Gasteiger partial charge in [0.15, 0.2) is 0 Å². The molecule has 5 heteroatoms. The zero-order chi connectivity index (χ0) is 12.3. The molecule has 0 aliphatic rings. The van der Waals surface area contributed by atoms with Crippen molar-refractivity contribution in [1.29, 1.82) is 5.41 Å². The summed E-state index contributed by atoms with van der Waals surface area (Å²) < 4.78 is 4.67. The summed E-state index contributed by atoms with van der Waals surface area (Å²) in [4.78, 5) is 11.5. The maximum atomic E-state index is 11.5. The monoisotopic (exact) mass is 221 g/mol. The Morgan fingerprint density at radius 1 is 1.62 bits per heavy atom. The van der Waals surface area contributed by atoms with Crippen LogP contribution in [-0.2, 0) is 4.74 Å². The number of rotatable bonds is 3. The molecule has 16 heavy (non-hydrogen) atoms. The Hall–Kier alpha value is -2.04. The van der Waals surface area contributed by atoms with Crippen molar-refractivity contribution in [3.63, 3.8) is 0 Å². The first-order chi connectivity index (χ1) is 7.56. The van der Waals surface area contributed by atoms with E-state index in [0.717, 1.165) is 11.8 Å². The number of nitrogen functional groups attached to an aromatic ring is 1. The van der Waals surface area contributed by atoms with Crippen LogP contribution in [-0.4, -0.2) is 26.3 Å². The lowest BCUT2D eigenvalue weighted by molar-refractivity contribution is 0.0600. The average molecular weight is 221 g/mol. The molecule has 0 spiro atoms. The van der Waals surface area contributed by atoms with E-state index in [0.29, 0.717) is 22.5 Å². The quantitative estimate of drug-likeness (QED) is 0.409. The van der Waals surface area contributed by atoms with Crippen molar-refractivity contribution in [1.82, 2.24) is 0 Å². The minimum atomic E-state index is -0.433.